The first-order valence-corrected chi connectivity index (χ1v) is 9.96. The molecule has 27 heavy (non-hydrogen) atoms. The molecule has 6 heteroatoms. The molecule has 1 amide bonds. The van der Waals surface area contributed by atoms with E-state index in [1.807, 2.05) is 18.2 Å². The van der Waals surface area contributed by atoms with Crippen LogP contribution in [0.2, 0.25) is 0 Å². The third kappa shape index (κ3) is 4.00. The normalized spacial score (nSPS) is 20.2. The predicted octanol–water partition coefficient (Wildman–Crippen LogP) is 2.52. The molecule has 1 saturated heterocycles. The Balaban J connectivity index is 1.47. The van der Waals surface area contributed by atoms with E-state index in [0.29, 0.717) is 12.2 Å². The van der Waals surface area contributed by atoms with E-state index in [1.54, 1.807) is 7.11 Å². The van der Waals surface area contributed by atoms with Crippen LogP contribution in [-0.2, 0) is 12.8 Å². The van der Waals surface area contributed by atoms with Crippen molar-refractivity contribution in [3.63, 3.8) is 0 Å². The monoisotopic (exact) mass is 368 g/mol. The second kappa shape index (κ2) is 8.13. The van der Waals surface area contributed by atoms with E-state index in [2.05, 4.69) is 26.3 Å². The van der Waals surface area contributed by atoms with Gasteiger partial charge in [0.1, 0.15) is 17.3 Å². The van der Waals surface area contributed by atoms with Gasteiger partial charge in [-0.25, -0.2) is 4.98 Å². The number of ether oxygens (including phenoxy) is 1. The first kappa shape index (κ1) is 18.0. The maximum atomic E-state index is 12.5. The molecule has 1 aromatic carbocycles. The molecular formula is C21H28N4O2. The summed E-state index contributed by atoms with van der Waals surface area (Å²) in [5, 5.41) is 3.03. The summed E-state index contributed by atoms with van der Waals surface area (Å²) in [5.41, 5.74) is 2.62. The third-order valence-corrected chi connectivity index (χ3v) is 5.67. The van der Waals surface area contributed by atoms with Crippen molar-refractivity contribution in [3.05, 3.63) is 47.0 Å². The van der Waals surface area contributed by atoms with Gasteiger partial charge in [-0.3, -0.25) is 4.79 Å². The molecule has 0 radical (unpaired) electrons. The largest absolute Gasteiger partial charge is 0.496 e. The Bertz CT molecular complexity index is 795. The molecule has 1 atom stereocenters. The number of aryl methyl sites for hydroxylation is 1. The Hall–Kier alpha value is -2.34. The van der Waals surface area contributed by atoms with E-state index in [9.17, 15) is 4.79 Å². The number of carbonyl (C=O) groups excluding carboxylic acids is 1. The van der Waals surface area contributed by atoms with Crippen molar-refractivity contribution < 1.29 is 9.53 Å². The molecule has 144 valence electrons. The SMILES string of the molecule is COc1ccccc1C1CNC(=O)c2nc(CCCN3CCCC3)[nH]c2C1. The molecule has 4 rings (SSSR count). The summed E-state index contributed by atoms with van der Waals surface area (Å²) in [5.74, 6) is 1.88. The number of benzene rings is 1. The van der Waals surface area contributed by atoms with Crippen molar-refractivity contribution in [2.24, 2.45) is 0 Å². The zero-order chi connectivity index (χ0) is 18.6. The minimum atomic E-state index is -0.0792. The van der Waals surface area contributed by atoms with E-state index in [1.165, 1.54) is 25.9 Å². The van der Waals surface area contributed by atoms with Gasteiger partial charge in [0.25, 0.3) is 5.91 Å². The zero-order valence-corrected chi connectivity index (χ0v) is 16.0. The van der Waals surface area contributed by atoms with Crippen molar-refractivity contribution in [3.8, 4) is 5.75 Å². The highest BCUT2D eigenvalue weighted by Crippen LogP contribution is 2.30. The highest BCUT2D eigenvalue weighted by atomic mass is 16.5. The lowest BCUT2D eigenvalue weighted by molar-refractivity contribution is 0.0950. The lowest BCUT2D eigenvalue weighted by Crippen LogP contribution is -2.26. The molecule has 0 saturated carbocycles. The fraction of sp³-hybridized carbons (Fsp3) is 0.524. The van der Waals surface area contributed by atoms with Crippen molar-refractivity contribution in [2.75, 3.05) is 33.3 Å². The lowest BCUT2D eigenvalue weighted by Gasteiger charge is -2.17. The van der Waals surface area contributed by atoms with Gasteiger partial charge in [-0.1, -0.05) is 18.2 Å². The summed E-state index contributed by atoms with van der Waals surface area (Å²) in [7, 11) is 1.69. The number of nitrogens with one attached hydrogen (secondary N) is 2. The molecule has 2 N–H and O–H groups in total. The summed E-state index contributed by atoms with van der Waals surface area (Å²) in [6.07, 6.45) is 5.35. The molecule has 1 aromatic heterocycles. The number of aromatic amines is 1. The van der Waals surface area contributed by atoms with Crippen LogP contribution in [0.15, 0.2) is 24.3 Å². The number of fused-ring (bicyclic) bond motifs is 1. The van der Waals surface area contributed by atoms with Crippen LogP contribution in [0.3, 0.4) is 0 Å². The van der Waals surface area contributed by atoms with E-state index >= 15 is 0 Å². The summed E-state index contributed by atoms with van der Waals surface area (Å²) in [6, 6.07) is 8.04. The van der Waals surface area contributed by atoms with Crippen LogP contribution in [0, 0.1) is 0 Å². The highest BCUT2D eigenvalue weighted by molar-refractivity contribution is 5.94. The van der Waals surface area contributed by atoms with E-state index in [4.69, 9.17) is 4.74 Å². The molecule has 6 nitrogen and oxygen atoms in total. The number of hydrogen-bond donors (Lipinski definition) is 2. The fourth-order valence-corrected chi connectivity index (χ4v) is 4.24. The standard InChI is InChI=1S/C21H28N4O2/c1-27-18-8-3-2-7-16(18)15-13-17-20(21(26)22-14-15)24-19(23-17)9-6-12-25-10-4-5-11-25/h2-3,7-8,15H,4-6,9-14H2,1H3,(H,22,26)(H,23,24). The Labute approximate surface area is 160 Å². The summed E-state index contributed by atoms with van der Waals surface area (Å²) in [4.78, 5) is 23.1. The molecule has 0 bridgehead atoms. The predicted molar refractivity (Wildman–Crippen MR) is 104 cm³/mol. The number of aromatic nitrogens is 2. The Morgan fingerprint density at radius 2 is 2.07 bits per heavy atom. The van der Waals surface area contributed by atoms with Crippen molar-refractivity contribution in [2.45, 2.75) is 38.0 Å². The molecule has 2 aliphatic heterocycles. The molecule has 0 aliphatic carbocycles. The molecule has 1 fully saturated rings. The van der Waals surface area contributed by atoms with Gasteiger partial charge in [0.2, 0.25) is 0 Å². The number of imidazole rings is 1. The van der Waals surface area contributed by atoms with Crippen LogP contribution < -0.4 is 10.1 Å². The number of H-pyrrole nitrogens is 1. The van der Waals surface area contributed by atoms with Gasteiger partial charge < -0.3 is 19.9 Å². The Morgan fingerprint density at radius 1 is 1.26 bits per heavy atom. The highest BCUT2D eigenvalue weighted by Gasteiger charge is 2.27. The Kier molecular flexibility index (Phi) is 5.43. The zero-order valence-electron chi connectivity index (χ0n) is 16.0. The maximum absolute atomic E-state index is 12.5. The van der Waals surface area contributed by atoms with Crippen molar-refractivity contribution in [1.29, 1.82) is 0 Å². The molecular weight excluding hydrogens is 340 g/mol. The number of carbonyl (C=O) groups is 1. The molecule has 2 aliphatic rings. The van der Waals surface area contributed by atoms with Gasteiger partial charge in [-0.05, 0) is 56.9 Å². The summed E-state index contributed by atoms with van der Waals surface area (Å²) >= 11 is 0. The number of nitrogens with zero attached hydrogens (tertiary/aromatic N) is 2. The lowest BCUT2D eigenvalue weighted by atomic mass is 9.93. The maximum Gasteiger partial charge on any atom is 0.271 e. The van der Waals surface area contributed by atoms with Gasteiger partial charge in [-0.2, -0.15) is 0 Å². The number of hydrogen-bond acceptors (Lipinski definition) is 4. The number of amides is 1. The molecule has 3 heterocycles. The number of likely N-dealkylation sites (tertiary alicyclic amines) is 1. The third-order valence-electron chi connectivity index (χ3n) is 5.67. The summed E-state index contributed by atoms with van der Waals surface area (Å²) in [6.45, 7) is 4.14. The van der Waals surface area contributed by atoms with Gasteiger partial charge in [0, 0.05) is 24.6 Å². The van der Waals surface area contributed by atoms with Gasteiger partial charge in [0.15, 0.2) is 0 Å². The minimum Gasteiger partial charge on any atom is -0.496 e. The van der Waals surface area contributed by atoms with Crippen LogP contribution >= 0.6 is 0 Å². The van der Waals surface area contributed by atoms with Crippen LogP contribution in [-0.4, -0.2) is 54.1 Å². The molecule has 2 aromatic rings. The Morgan fingerprint density at radius 3 is 2.89 bits per heavy atom. The second-order valence-electron chi connectivity index (χ2n) is 7.52. The molecule has 0 spiro atoms. The van der Waals surface area contributed by atoms with Gasteiger partial charge in [-0.15, -0.1) is 0 Å². The van der Waals surface area contributed by atoms with Crippen LogP contribution in [0.25, 0.3) is 0 Å². The van der Waals surface area contributed by atoms with E-state index in [0.717, 1.165) is 48.6 Å². The van der Waals surface area contributed by atoms with Crippen molar-refractivity contribution >= 4 is 5.91 Å². The van der Waals surface area contributed by atoms with Crippen molar-refractivity contribution in [1.82, 2.24) is 20.2 Å². The smallest absolute Gasteiger partial charge is 0.271 e. The number of para-hydroxylation sites is 1. The fourth-order valence-electron chi connectivity index (χ4n) is 4.24. The van der Waals surface area contributed by atoms with Crippen LogP contribution in [0.5, 0.6) is 5.75 Å². The minimum absolute atomic E-state index is 0.0792. The second-order valence-corrected chi connectivity index (χ2v) is 7.52. The van der Waals surface area contributed by atoms with E-state index in [-0.39, 0.29) is 11.8 Å². The van der Waals surface area contributed by atoms with Gasteiger partial charge in [0.05, 0.1) is 7.11 Å². The van der Waals surface area contributed by atoms with E-state index < -0.39 is 0 Å². The quantitative estimate of drug-likeness (QED) is 0.822. The number of rotatable bonds is 6. The topological polar surface area (TPSA) is 70.2 Å². The van der Waals surface area contributed by atoms with Crippen LogP contribution in [0.1, 0.15) is 52.8 Å². The van der Waals surface area contributed by atoms with Crippen LogP contribution in [0.4, 0.5) is 0 Å². The van der Waals surface area contributed by atoms with Gasteiger partial charge >= 0.3 is 0 Å². The number of methoxy groups -OCH3 is 1. The first-order valence-electron chi connectivity index (χ1n) is 9.96. The average Bonchev–Trinajstić information content (AvgIpc) is 3.32. The molecule has 1 unspecified atom stereocenters. The average molecular weight is 368 g/mol. The first-order chi connectivity index (χ1) is 13.2. The summed E-state index contributed by atoms with van der Waals surface area (Å²) < 4.78 is 5.52.